The standard InChI is InChI=1S/C12H18.C11H16.4CHNO/c1-9(2)11-7-5-6-8-12(11)10(3)4;1-4-10-6-9(3)7-11(5-2)8-10;4*2-1-3/h5-10H,1-4H3;6-8H,4-5H2,1-3H3;4*2H. The third-order valence-corrected chi connectivity index (χ3v) is 4.25. The number of carbonyl (C=O) groups excluding carboxylic acids is 4. The number of hydrogen-bond donors (Lipinski definition) is 4. The molecule has 4 N–H and O–H groups in total. The average molecular weight is 483 g/mol. The van der Waals surface area contributed by atoms with Gasteiger partial charge in [-0.25, -0.2) is 40.8 Å². The molecule has 0 fully saturated rings. The molecule has 0 saturated carbocycles. The number of benzene rings is 2. The van der Waals surface area contributed by atoms with E-state index in [4.69, 9.17) is 40.8 Å². The van der Waals surface area contributed by atoms with Crippen LogP contribution in [0.3, 0.4) is 0 Å². The van der Waals surface area contributed by atoms with E-state index in [1.165, 1.54) is 27.8 Å². The fraction of sp³-hybridized carbons (Fsp3) is 0.407. The largest absolute Gasteiger partial charge is 0.231 e. The smallest absolute Gasteiger partial charge is 0.222 e. The first-order valence-corrected chi connectivity index (χ1v) is 10.9. The van der Waals surface area contributed by atoms with E-state index in [-0.39, 0.29) is 0 Å². The minimum Gasteiger partial charge on any atom is -0.222 e. The second kappa shape index (κ2) is 28.0. The van der Waals surface area contributed by atoms with E-state index < -0.39 is 0 Å². The van der Waals surface area contributed by atoms with E-state index in [0.29, 0.717) is 11.8 Å². The Morgan fingerprint density at radius 3 is 1.09 bits per heavy atom. The first-order chi connectivity index (χ1) is 16.5. The predicted octanol–water partition coefficient (Wildman–Crippen LogP) is 6.66. The number of isocyanates is 4. The van der Waals surface area contributed by atoms with Crippen LogP contribution in [0.15, 0.2) is 42.5 Å². The highest BCUT2D eigenvalue weighted by Gasteiger charge is 2.07. The molecule has 0 saturated heterocycles. The van der Waals surface area contributed by atoms with Crippen LogP contribution in [0.25, 0.3) is 0 Å². The van der Waals surface area contributed by atoms with Crippen molar-refractivity contribution in [2.45, 2.75) is 73.1 Å². The van der Waals surface area contributed by atoms with Crippen LogP contribution in [0.1, 0.15) is 81.2 Å². The van der Waals surface area contributed by atoms with Crippen molar-refractivity contribution < 1.29 is 19.2 Å². The van der Waals surface area contributed by atoms with Crippen molar-refractivity contribution in [3.63, 3.8) is 0 Å². The Balaban J connectivity index is -0.000000191. The molecule has 0 aromatic heterocycles. The Morgan fingerprint density at radius 2 is 0.886 bits per heavy atom. The van der Waals surface area contributed by atoms with Gasteiger partial charge in [-0.1, -0.05) is 89.6 Å². The van der Waals surface area contributed by atoms with E-state index in [2.05, 4.69) is 90.9 Å². The molecule has 0 aliphatic carbocycles. The van der Waals surface area contributed by atoms with Gasteiger partial charge in [-0.15, -0.1) is 0 Å². The maximum atomic E-state index is 8.35. The van der Waals surface area contributed by atoms with Crippen LogP contribution >= 0.6 is 0 Å². The third-order valence-electron chi connectivity index (χ3n) is 4.25. The monoisotopic (exact) mass is 482 g/mol. The van der Waals surface area contributed by atoms with Crippen LogP contribution in [0.4, 0.5) is 0 Å². The van der Waals surface area contributed by atoms with Gasteiger partial charge in [0.1, 0.15) is 0 Å². The molecule has 0 aliphatic rings. The highest BCUT2D eigenvalue weighted by molar-refractivity contribution is 5.32. The minimum absolute atomic E-state index is 0.642. The summed E-state index contributed by atoms with van der Waals surface area (Å²) >= 11 is 0. The minimum atomic E-state index is 0.642. The highest BCUT2D eigenvalue weighted by Crippen LogP contribution is 2.25. The lowest BCUT2D eigenvalue weighted by Gasteiger charge is -2.14. The molecule has 0 spiro atoms. The Bertz CT molecular complexity index is 848. The second-order valence-corrected chi connectivity index (χ2v) is 7.38. The zero-order valence-corrected chi connectivity index (χ0v) is 21.7. The number of hydrogen-bond acceptors (Lipinski definition) is 8. The lowest BCUT2D eigenvalue weighted by Crippen LogP contribution is -1.97. The van der Waals surface area contributed by atoms with Gasteiger partial charge in [-0.2, -0.15) is 0 Å². The Labute approximate surface area is 208 Å². The molecule has 2 aromatic rings. The van der Waals surface area contributed by atoms with Gasteiger partial charge in [0.25, 0.3) is 0 Å². The fourth-order valence-corrected chi connectivity index (χ4v) is 2.92. The fourth-order valence-electron chi connectivity index (χ4n) is 2.92. The van der Waals surface area contributed by atoms with Crippen LogP contribution in [0, 0.1) is 28.6 Å². The van der Waals surface area contributed by atoms with E-state index in [0.717, 1.165) is 37.2 Å². The second-order valence-electron chi connectivity index (χ2n) is 7.38. The van der Waals surface area contributed by atoms with Gasteiger partial charge in [-0.05, 0) is 53.9 Å². The van der Waals surface area contributed by atoms with Crippen molar-refractivity contribution in [1.82, 2.24) is 0 Å². The molecule has 0 bridgehead atoms. The van der Waals surface area contributed by atoms with Gasteiger partial charge >= 0.3 is 0 Å². The molecular weight excluding hydrogens is 444 g/mol. The molecule has 0 unspecified atom stereocenters. The summed E-state index contributed by atoms with van der Waals surface area (Å²) in [7, 11) is 0. The average Bonchev–Trinajstić information content (AvgIpc) is 2.81. The lowest BCUT2D eigenvalue weighted by atomic mass is 9.91. The maximum Gasteiger partial charge on any atom is 0.231 e. The summed E-state index contributed by atoms with van der Waals surface area (Å²) < 4.78 is 0. The van der Waals surface area contributed by atoms with E-state index >= 15 is 0 Å². The summed E-state index contributed by atoms with van der Waals surface area (Å²) in [6.45, 7) is 15.6. The molecule has 0 amide bonds. The van der Waals surface area contributed by atoms with Gasteiger partial charge in [0.2, 0.25) is 24.3 Å². The van der Waals surface area contributed by atoms with E-state index in [9.17, 15) is 0 Å². The lowest BCUT2D eigenvalue weighted by molar-refractivity contribution is 0.562. The summed E-state index contributed by atoms with van der Waals surface area (Å²) in [4.78, 5) is 33.4. The van der Waals surface area contributed by atoms with Crippen molar-refractivity contribution in [1.29, 1.82) is 21.6 Å². The highest BCUT2D eigenvalue weighted by atomic mass is 16.1. The summed E-state index contributed by atoms with van der Waals surface area (Å²) in [5.41, 5.74) is 7.30. The van der Waals surface area contributed by atoms with Crippen molar-refractivity contribution in [2.75, 3.05) is 0 Å². The molecule has 2 rings (SSSR count). The first kappa shape index (κ1) is 38.2. The van der Waals surface area contributed by atoms with Gasteiger partial charge < -0.3 is 0 Å². The SMILES string of the molecule is CC(C)c1ccccc1C(C)C.CCc1cc(C)cc(CC)c1.N=C=O.N=C=O.N=C=O.N=C=O. The number of aryl methyl sites for hydroxylation is 3. The Hall–Kier alpha value is -4.04. The molecule has 0 heterocycles. The van der Waals surface area contributed by atoms with Crippen molar-refractivity contribution in [3.8, 4) is 0 Å². The van der Waals surface area contributed by atoms with Crippen molar-refractivity contribution in [3.05, 3.63) is 70.3 Å². The molecule has 0 atom stereocenters. The first-order valence-electron chi connectivity index (χ1n) is 10.9. The van der Waals surface area contributed by atoms with Gasteiger partial charge in [0, 0.05) is 0 Å². The molecule has 8 heteroatoms. The van der Waals surface area contributed by atoms with E-state index in [1.807, 2.05) is 0 Å². The van der Waals surface area contributed by atoms with Crippen LogP contribution in [0.2, 0.25) is 0 Å². The molecule has 0 radical (unpaired) electrons. The van der Waals surface area contributed by atoms with Gasteiger partial charge in [0.15, 0.2) is 0 Å². The van der Waals surface area contributed by atoms with Crippen LogP contribution < -0.4 is 0 Å². The molecule has 190 valence electrons. The number of rotatable bonds is 4. The van der Waals surface area contributed by atoms with Crippen LogP contribution in [-0.4, -0.2) is 24.3 Å². The topological polar surface area (TPSA) is 164 Å². The molecular formula is C27H38N4O4. The van der Waals surface area contributed by atoms with Gasteiger partial charge in [0.05, 0.1) is 0 Å². The zero-order valence-electron chi connectivity index (χ0n) is 21.7. The van der Waals surface area contributed by atoms with Gasteiger partial charge in [-0.3, -0.25) is 0 Å². The molecule has 2 aromatic carbocycles. The Kier molecular flexibility index (Phi) is 30.6. The molecule has 0 aliphatic heterocycles. The summed E-state index contributed by atoms with van der Waals surface area (Å²) in [6.07, 6.45) is 5.30. The molecule has 35 heavy (non-hydrogen) atoms. The van der Waals surface area contributed by atoms with Crippen molar-refractivity contribution >= 4 is 24.3 Å². The summed E-state index contributed by atoms with van der Waals surface area (Å²) in [5.74, 6) is 1.28. The van der Waals surface area contributed by atoms with E-state index in [1.54, 1.807) is 0 Å². The summed E-state index contributed by atoms with van der Waals surface area (Å²) in [6, 6.07) is 15.5. The van der Waals surface area contributed by atoms with Crippen molar-refractivity contribution in [2.24, 2.45) is 0 Å². The Morgan fingerprint density at radius 1 is 0.629 bits per heavy atom. The third kappa shape index (κ3) is 24.4. The van der Waals surface area contributed by atoms with Crippen LogP contribution in [-0.2, 0) is 32.0 Å². The summed E-state index contributed by atoms with van der Waals surface area (Å²) in [5, 5.41) is 21.6. The maximum absolute atomic E-state index is 8.35. The number of nitrogens with one attached hydrogen (secondary N) is 4. The predicted molar refractivity (Wildman–Crippen MR) is 138 cm³/mol. The molecule has 8 nitrogen and oxygen atoms in total. The normalized spacial score (nSPS) is 7.91. The quantitative estimate of drug-likeness (QED) is 0.283. The van der Waals surface area contributed by atoms with Crippen LogP contribution in [0.5, 0.6) is 0 Å². The zero-order chi connectivity index (χ0) is 28.2.